The summed E-state index contributed by atoms with van der Waals surface area (Å²) in [5.74, 6) is -1.44. The van der Waals surface area contributed by atoms with Gasteiger partial charge in [-0.1, -0.05) is 6.92 Å². The molecule has 3 aromatic rings. The molecule has 0 spiro atoms. The van der Waals surface area contributed by atoms with Crippen molar-refractivity contribution < 1.29 is 39.2 Å². The number of phenolic OH excluding ortho intramolecular Hbond substituents is 2. The van der Waals surface area contributed by atoms with Crippen molar-refractivity contribution >= 4 is 28.5 Å². The van der Waals surface area contributed by atoms with E-state index in [1.54, 1.807) is 6.92 Å². The van der Waals surface area contributed by atoms with Crippen LogP contribution in [0.5, 0.6) is 17.2 Å². The van der Waals surface area contributed by atoms with Crippen LogP contribution in [0, 0.1) is 0 Å². The number of amides is 2. The van der Waals surface area contributed by atoms with Crippen LogP contribution >= 0.6 is 0 Å². The normalized spacial score (nSPS) is 13.0. The van der Waals surface area contributed by atoms with Gasteiger partial charge in [-0.2, -0.15) is 0 Å². The van der Waals surface area contributed by atoms with Gasteiger partial charge in [0.05, 0.1) is 12.2 Å². The van der Waals surface area contributed by atoms with E-state index in [0.717, 1.165) is 12.1 Å². The minimum atomic E-state index is -1.09. The Kier molecular flexibility index (Phi) is 6.33. The number of aliphatic hydroxyl groups is 2. The predicted molar refractivity (Wildman–Crippen MR) is 110 cm³/mol. The maximum absolute atomic E-state index is 13.0. The van der Waals surface area contributed by atoms with E-state index in [0.29, 0.717) is 17.6 Å². The molecule has 2 unspecified atom stereocenters. The number of primary amides is 1. The number of aliphatic hydroxyl groups excluding tert-OH is 2. The Balaban J connectivity index is 2.07. The zero-order valence-corrected chi connectivity index (χ0v) is 16.5. The minimum absolute atomic E-state index is 0.00997. The molecule has 10 nitrogen and oxygen atoms in total. The van der Waals surface area contributed by atoms with Gasteiger partial charge in [-0.05, 0) is 36.8 Å². The van der Waals surface area contributed by atoms with Crippen LogP contribution in [0.1, 0.15) is 29.5 Å². The maximum atomic E-state index is 13.0. The Morgan fingerprint density at radius 3 is 2.58 bits per heavy atom. The molecule has 2 aromatic carbocycles. The van der Waals surface area contributed by atoms with Crippen LogP contribution in [0.4, 0.5) is 10.5 Å². The van der Waals surface area contributed by atoms with Crippen molar-refractivity contribution in [2.75, 3.05) is 11.9 Å². The molecule has 2 amide bonds. The van der Waals surface area contributed by atoms with Crippen molar-refractivity contribution in [1.29, 1.82) is 0 Å². The number of anilines is 1. The molecule has 0 saturated carbocycles. The first-order chi connectivity index (χ1) is 14.7. The fourth-order valence-corrected chi connectivity index (χ4v) is 3.11. The van der Waals surface area contributed by atoms with Gasteiger partial charge in [0.1, 0.15) is 40.7 Å². The van der Waals surface area contributed by atoms with Gasteiger partial charge >= 0.3 is 6.03 Å². The molecule has 3 rings (SSSR count). The Morgan fingerprint density at radius 1 is 1.19 bits per heavy atom. The summed E-state index contributed by atoms with van der Waals surface area (Å²) in [4.78, 5) is 24.5. The molecule has 1 aromatic heterocycles. The van der Waals surface area contributed by atoms with Gasteiger partial charge in [0.15, 0.2) is 5.76 Å². The lowest BCUT2D eigenvalue weighted by atomic mass is 10.1. The zero-order valence-electron chi connectivity index (χ0n) is 16.5. The highest BCUT2D eigenvalue weighted by molar-refractivity contribution is 6.18. The number of fused-ring (bicyclic) bond motifs is 1. The standard InChI is InChI=1S/C21H22N2O8/c1-2-16(15(27)9-24)30-11-4-5-12-17(8-11)31-20(18(12)23-21(22)29)19(28)13-7-10(25)3-6-14(13)26/h3-8,15-16,24-27H,2,9H2,1H3,(H3,22,23,29). The van der Waals surface area contributed by atoms with E-state index in [2.05, 4.69) is 5.32 Å². The number of hydrogen-bond donors (Lipinski definition) is 6. The van der Waals surface area contributed by atoms with Crippen LogP contribution in [0.3, 0.4) is 0 Å². The summed E-state index contributed by atoms with van der Waals surface area (Å²) < 4.78 is 11.3. The second kappa shape index (κ2) is 8.94. The van der Waals surface area contributed by atoms with E-state index in [1.165, 1.54) is 24.3 Å². The molecule has 7 N–H and O–H groups in total. The van der Waals surface area contributed by atoms with E-state index in [9.17, 15) is 24.9 Å². The number of benzene rings is 2. The molecule has 0 radical (unpaired) electrons. The lowest BCUT2D eigenvalue weighted by molar-refractivity contribution is -0.00207. The van der Waals surface area contributed by atoms with Crippen LogP contribution < -0.4 is 15.8 Å². The van der Waals surface area contributed by atoms with Gasteiger partial charge < -0.3 is 40.6 Å². The van der Waals surface area contributed by atoms with E-state index in [4.69, 9.17) is 20.0 Å². The molecular weight excluding hydrogens is 408 g/mol. The van der Waals surface area contributed by atoms with E-state index in [-0.39, 0.29) is 34.1 Å². The molecule has 0 saturated heterocycles. The van der Waals surface area contributed by atoms with Crippen LogP contribution in [0.25, 0.3) is 11.0 Å². The first kappa shape index (κ1) is 21.9. The summed E-state index contributed by atoms with van der Waals surface area (Å²) in [5, 5.41) is 41.3. The second-order valence-corrected chi connectivity index (χ2v) is 6.80. The molecule has 164 valence electrons. The van der Waals surface area contributed by atoms with Crippen molar-refractivity contribution in [2.24, 2.45) is 5.73 Å². The van der Waals surface area contributed by atoms with Gasteiger partial charge in [-0.15, -0.1) is 0 Å². The fraction of sp³-hybridized carbons (Fsp3) is 0.238. The Labute approximate surface area is 176 Å². The monoisotopic (exact) mass is 430 g/mol. The number of ketones is 1. The lowest BCUT2D eigenvalue weighted by Gasteiger charge is -2.21. The molecule has 2 atom stereocenters. The van der Waals surface area contributed by atoms with Crippen molar-refractivity contribution in [3.8, 4) is 17.2 Å². The number of carbonyl (C=O) groups excluding carboxylic acids is 2. The highest BCUT2D eigenvalue weighted by Gasteiger charge is 2.26. The third kappa shape index (κ3) is 4.55. The summed E-state index contributed by atoms with van der Waals surface area (Å²) in [6.45, 7) is 1.31. The van der Waals surface area contributed by atoms with Gasteiger partial charge in [0.2, 0.25) is 5.78 Å². The van der Waals surface area contributed by atoms with Crippen LogP contribution in [-0.2, 0) is 0 Å². The first-order valence-corrected chi connectivity index (χ1v) is 9.40. The molecule has 0 fully saturated rings. The fourth-order valence-electron chi connectivity index (χ4n) is 3.11. The molecule has 0 aliphatic carbocycles. The average Bonchev–Trinajstić information content (AvgIpc) is 3.09. The lowest BCUT2D eigenvalue weighted by Crippen LogP contribution is -2.33. The quantitative estimate of drug-likeness (QED) is 0.232. The number of furan rings is 1. The number of urea groups is 1. The number of aromatic hydroxyl groups is 2. The Hall–Kier alpha value is -3.76. The topological polar surface area (TPSA) is 175 Å². The Morgan fingerprint density at radius 2 is 1.94 bits per heavy atom. The first-order valence-electron chi connectivity index (χ1n) is 9.40. The number of phenols is 2. The van der Waals surface area contributed by atoms with Gasteiger partial charge in [0, 0.05) is 11.5 Å². The molecule has 0 bridgehead atoms. The highest BCUT2D eigenvalue weighted by Crippen LogP contribution is 2.36. The van der Waals surface area contributed by atoms with Crippen molar-refractivity contribution in [3.05, 3.63) is 47.7 Å². The van der Waals surface area contributed by atoms with E-state index >= 15 is 0 Å². The molecule has 0 aliphatic rings. The second-order valence-electron chi connectivity index (χ2n) is 6.80. The summed E-state index contributed by atoms with van der Waals surface area (Å²) in [7, 11) is 0. The highest BCUT2D eigenvalue weighted by atomic mass is 16.5. The van der Waals surface area contributed by atoms with Crippen LogP contribution in [-0.4, -0.2) is 51.1 Å². The van der Waals surface area contributed by atoms with Gasteiger partial charge in [-0.3, -0.25) is 4.79 Å². The molecule has 0 aliphatic heterocycles. The van der Waals surface area contributed by atoms with Gasteiger partial charge in [0.25, 0.3) is 0 Å². The minimum Gasteiger partial charge on any atom is -0.508 e. The number of rotatable bonds is 8. The summed E-state index contributed by atoms with van der Waals surface area (Å²) in [5.41, 5.74) is 5.15. The van der Waals surface area contributed by atoms with Crippen molar-refractivity contribution in [2.45, 2.75) is 25.6 Å². The van der Waals surface area contributed by atoms with Crippen LogP contribution in [0.15, 0.2) is 40.8 Å². The zero-order chi connectivity index (χ0) is 22.7. The largest absolute Gasteiger partial charge is 0.508 e. The van der Waals surface area contributed by atoms with Crippen molar-refractivity contribution in [3.63, 3.8) is 0 Å². The summed E-state index contributed by atoms with van der Waals surface area (Å²) >= 11 is 0. The van der Waals surface area contributed by atoms with E-state index < -0.39 is 30.6 Å². The average molecular weight is 430 g/mol. The number of ether oxygens (including phenoxy) is 1. The SMILES string of the molecule is CCC(Oc1ccc2c(NC(N)=O)c(C(=O)c3cc(O)ccc3O)oc2c1)C(O)CO. The smallest absolute Gasteiger partial charge is 0.316 e. The summed E-state index contributed by atoms with van der Waals surface area (Å²) in [6.07, 6.45) is -1.34. The Bertz CT molecular complexity index is 1120. The van der Waals surface area contributed by atoms with Crippen LogP contribution in [0.2, 0.25) is 0 Å². The molecule has 31 heavy (non-hydrogen) atoms. The third-order valence-electron chi connectivity index (χ3n) is 4.65. The van der Waals surface area contributed by atoms with E-state index in [1.807, 2.05) is 0 Å². The number of carbonyl (C=O) groups is 2. The van der Waals surface area contributed by atoms with Gasteiger partial charge in [-0.25, -0.2) is 4.79 Å². The molecule has 1 heterocycles. The number of nitrogens with two attached hydrogens (primary N) is 1. The van der Waals surface area contributed by atoms with Crippen molar-refractivity contribution in [1.82, 2.24) is 0 Å². The predicted octanol–water partition coefficient (Wildman–Crippen LogP) is 2.08. The maximum Gasteiger partial charge on any atom is 0.316 e. The molecular formula is C21H22N2O8. The number of hydrogen-bond acceptors (Lipinski definition) is 8. The summed E-state index contributed by atoms with van der Waals surface area (Å²) in [6, 6.07) is 7.00. The third-order valence-corrected chi connectivity index (χ3v) is 4.65. The molecule has 10 heteroatoms. The number of nitrogens with one attached hydrogen (secondary N) is 1.